The van der Waals surface area contributed by atoms with E-state index < -0.39 is 0 Å². The lowest BCUT2D eigenvalue weighted by Gasteiger charge is -2.30. The lowest BCUT2D eigenvalue weighted by molar-refractivity contribution is 0.243. The molecule has 17 heavy (non-hydrogen) atoms. The highest BCUT2D eigenvalue weighted by atomic mass is 79.9. The van der Waals surface area contributed by atoms with E-state index in [-0.39, 0.29) is 0 Å². The number of halogens is 1. The Morgan fingerprint density at radius 3 is 2.88 bits per heavy atom. The molecule has 1 aliphatic rings. The van der Waals surface area contributed by atoms with E-state index in [2.05, 4.69) is 46.5 Å². The van der Waals surface area contributed by atoms with E-state index in [0.29, 0.717) is 6.04 Å². The summed E-state index contributed by atoms with van der Waals surface area (Å²) in [6, 6.07) is 2.72. The van der Waals surface area contributed by atoms with Gasteiger partial charge in [0, 0.05) is 20.8 Å². The van der Waals surface area contributed by atoms with Crippen molar-refractivity contribution in [2.75, 3.05) is 6.54 Å². The van der Waals surface area contributed by atoms with Crippen LogP contribution in [0.25, 0.3) is 0 Å². The molecule has 0 radical (unpaired) electrons. The molecule has 1 heterocycles. The van der Waals surface area contributed by atoms with E-state index >= 15 is 0 Å². The quantitative estimate of drug-likeness (QED) is 0.825. The first-order valence-electron chi connectivity index (χ1n) is 6.64. The summed E-state index contributed by atoms with van der Waals surface area (Å²) in [5.41, 5.74) is 0. The predicted molar refractivity (Wildman–Crippen MR) is 79.6 cm³/mol. The van der Waals surface area contributed by atoms with E-state index in [4.69, 9.17) is 0 Å². The number of rotatable bonds is 4. The Morgan fingerprint density at radius 1 is 1.47 bits per heavy atom. The standard InChI is InChI=1S/C14H22BrNS/c1-10-5-3-4-6-12(10)8-16-11(2)14-7-13(15)9-17-14/h7,9-12,16H,3-6,8H2,1-2H3. The smallest absolute Gasteiger partial charge is 0.0386 e. The summed E-state index contributed by atoms with van der Waals surface area (Å²) < 4.78 is 1.21. The Kier molecular flexibility index (Phi) is 5.07. The lowest BCUT2D eigenvalue weighted by Crippen LogP contribution is -2.30. The largest absolute Gasteiger partial charge is 0.309 e. The molecule has 0 aromatic carbocycles. The fourth-order valence-electron chi connectivity index (χ4n) is 2.68. The Hall–Kier alpha value is 0.140. The Bertz CT molecular complexity index is 350. The molecule has 1 nitrogen and oxygen atoms in total. The summed E-state index contributed by atoms with van der Waals surface area (Å²) in [5.74, 6) is 1.79. The highest BCUT2D eigenvalue weighted by molar-refractivity contribution is 9.10. The molecular formula is C14H22BrNS. The van der Waals surface area contributed by atoms with E-state index in [1.807, 2.05) is 11.3 Å². The fourth-order valence-corrected chi connectivity index (χ4v) is 4.16. The number of nitrogens with one attached hydrogen (secondary N) is 1. The zero-order valence-electron chi connectivity index (χ0n) is 10.7. The van der Waals surface area contributed by atoms with Crippen molar-refractivity contribution in [2.45, 2.75) is 45.6 Å². The number of hydrogen-bond acceptors (Lipinski definition) is 2. The molecule has 96 valence electrons. The molecule has 1 aliphatic carbocycles. The van der Waals surface area contributed by atoms with Gasteiger partial charge in [0.2, 0.25) is 0 Å². The van der Waals surface area contributed by atoms with Gasteiger partial charge in [0.15, 0.2) is 0 Å². The molecule has 1 N–H and O–H groups in total. The lowest BCUT2D eigenvalue weighted by atomic mass is 9.80. The highest BCUT2D eigenvalue weighted by Gasteiger charge is 2.21. The van der Waals surface area contributed by atoms with E-state index in [9.17, 15) is 0 Å². The molecule has 0 saturated heterocycles. The number of hydrogen-bond donors (Lipinski definition) is 1. The first-order valence-corrected chi connectivity index (χ1v) is 8.31. The van der Waals surface area contributed by atoms with Crippen LogP contribution in [0.1, 0.15) is 50.4 Å². The van der Waals surface area contributed by atoms with E-state index in [1.165, 1.54) is 41.6 Å². The monoisotopic (exact) mass is 315 g/mol. The first kappa shape index (κ1) is 13.6. The Balaban J connectivity index is 1.81. The van der Waals surface area contributed by atoms with Crippen LogP contribution in [0.4, 0.5) is 0 Å². The molecular weight excluding hydrogens is 294 g/mol. The van der Waals surface area contributed by atoms with Crippen LogP contribution < -0.4 is 5.32 Å². The molecule has 1 aromatic heterocycles. The van der Waals surface area contributed by atoms with Crippen LogP contribution >= 0.6 is 27.3 Å². The minimum atomic E-state index is 0.487. The van der Waals surface area contributed by atoms with Crippen molar-refractivity contribution < 1.29 is 0 Å². The van der Waals surface area contributed by atoms with Gasteiger partial charge in [-0.1, -0.05) is 26.2 Å². The van der Waals surface area contributed by atoms with Gasteiger partial charge in [-0.25, -0.2) is 0 Å². The second kappa shape index (κ2) is 6.35. The molecule has 3 atom stereocenters. The van der Waals surface area contributed by atoms with Gasteiger partial charge in [-0.2, -0.15) is 0 Å². The first-order chi connectivity index (χ1) is 8.16. The number of thiophene rings is 1. The van der Waals surface area contributed by atoms with Gasteiger partial charge < -0.3 is 5.32 Å². The van der Waals surface area contributed by atoms with Crippen molar-refractivity contribution in [3.05, 3.63) is 20.8 Å². The van der Waals surface area contributed by atoms with Crippen molar-refractivity contribution in [2.24, 2.45) is 11.8 Å². The molecule has 1 fully saturated rings. The van der Waals surface area contributed by atoms with Gasteiger partial charge in [-0.15, -0.1) is 11.3 Å². The maximum Gasteiger partial charge on any atom is 0.0386 e. The third-order valence-electron chi connectivity index (χ3n) is 3.99. The molecule has 1 aromatic rings. The average Bonchev–Trinajstić information content (AvgIpc) is 2.74. The minimum absolute atomic E-state index is 0.487. The van der Waals surface area contributed by atoms with Gasteiger partial charge >= 0.3 is 0 Å². The maximum atomic E-state index is 3.70. The maximum absolute atomic E-state index is 3.70. The Morgan fingerprint density at radius 2 is 2.24 bits per heavy atom. The zero-order valence-corrected chi connectivity index (χ0v) is 13.1. The second-order valence-electron chi connectivity index (χ2n) is 5.32. The van der Waals surface area contributed by atoms with Gasteiger partial charge in [0.1, 0.15) is 0 Å². The predicted octanol–water partition coefficient (Wildman–Crippen LogP) is 4.99. The van der Waals surface area contributed by atoms with Crippen molar-refractivity contribution in [3.63, 3.8) is 0 Å². The van der Waals surface area contributed by atoms with Gasteiger partial charge in [-0.3, -0.25) is 0 Å². The molecule has 3 unspecified atom stereocenters. The van der Waals surface area contributed by atoms with Crippen molar-refractivity contribution in [1.29, 1.82) is 0 Å². The van der Waals surface area contributed by atoms with Crippen LogP contribution in [-0.4, -0.2) is 6.54 Å². The molecule has 0 spiro atoms. The molecule has 2 rings (SSSR count). The normalized spacial score (nSPS) is 27.0. The van der Waals surface area contributed by atoms with Gasteiger partial charge in [-0.05, 0) is 53.7 Å². The Labute approximate surface area is 117 Å². The fraction of sp³-hybridized carbons (Fsp3) is 0.714. The third kappa shape index (κ3) is 3.80. The van der Waals surface area contributed by atoms with Crippen LogP contribution in [0.5, 0.6) is 0 Å². The summed E-state index contributed by atoms with van der Waals surface area (Å²) in [6.45, 7) is 5.86. The average molecular weight is 316 g/mol. The van der Waals surface area contributed by atoms with E-state index in [0.717, 1.165) is 11.8 Å². The molecule has 0 bridgehead atoms. The molecule has 1 saturated carbocycles. The van der Waals surface area contributed by atoms with Crippen LogP contribution in [-0.2, 0) is 0 Å². The van der Waals surface area contributed by atoms with Crippen LogP contribution in [0.3, 0.4) is 0 Å². The van der Waals surface area contributed by atoms with Crippen molar-refractivity contribution >= 4 is 27.3 Å². The van der Waals surface area contributed by atoms with Gasteiger partial charge in [0.05, 0.1) is 0 Å². The van der Waals surface area contributed by atoms with E-state index in [1.54, 1.807) is 0 Å². The van der Waals surface area contributed by atoms with Crippen molar-refractivity contribution in [1.82, 2.24) is 5.32 Å². The summed E-state index contributed by atoms with van der Waals surface area (Å²) in [4.78, 5) is 1.43. The topological polar surface area (TPSA) is 12.0 Å². The molecule has 0 amide bonds. The molecule has 0 aliphatic heterocycles. The van der Waals surface area contributed by atoms with Crippen LogP contribution in [0, 0.1) is 11.8 Å². The molecule has 3 heteroatoms. The van der Waals surface area contributed by atoms with Crippen molar-refractivity contribution in [3.8, 4) is 0 Å². The SMILES string of the molecule is CC(NCC1CCCCC1C)c1cc(Br)cs1. The summed E-state index contributed by atoms with van der Waals surface area (Å²) in [6.07, 6.45) is 5.70. The highest BCUT2D eigenvalue weighted by Crippen LogP contribution is 2.30. The van der Waals surface area contributed by atoms with Crippen LogP contribution in [0.15, 0.2) is 15.9 Å². The summed E-state index contributed by atoms with van der Waals surface area (Å²) in [5, 5.41) is 5.87. The third-order valence-corrected chi connectivity index (χ3v) is 5.87. The zero-order chi connectivity index (χ0) is 12.3. The second-order valence-corrected chi connectivity index (χ2v) is 7.18. The van der Waals surface area contributed by atoms with Gasteiger partial charge in [0.25, 0.3) is 0 Å². The summed E-state index contributed by atoms with van der Waals surface area (Å²) >= 11 is 5.36. The summed E-state index contributed by atoms with van der Waals surface area (Å²) in [7, 11) is 0. The van der Waals surface area contributed by atoms with Crippen LogP contribution in [0.2, 0.25) is 0 Å². The minimum Gasteiger partial charge on any atom is -0.309 e.